The molecule has 1 aliphatic rings. The summed E-state index contributed by atoms with van der Waals surface area (Å²) < 4.78 is 0. The average molecular weight is 279 g/mol. The van der Waals surface area contributed by atoms with Crippen LogP contribution in [0.3, 0.4) is 0 Å². The molecule has 1 atom stereocenters. The fourth-order valence-corrected chi connectivity index (χ4v) is 2.52. The third-order valence-corrected chi connectivity index (χ3v) is 3.56. The van der Waals surface area contributed by atoms with Crippen LogP contribution >= 0.6 is 0 Å². The Kier molecular flexibility index (Phi) is 4.26. The molecule has 0 radical (unpaired) electrons. The van der Waals surface area contributed by atoms with Gasteiger partial charge in [-0.05, 0) is 20.8 Å². The topological polar surface area (TPSA) is 90.1 Å². The second-order valence-electron chi connectivity index (χ2n) is 5.11. The lowest BCUT2D eigenvalue weighted by Gasteiger charge is -2.23. The summed E-state index contributed by atoms with van der Waals surface area (Å²) in [5.41, 5.74) is 2.87. The van der Waals surface area contributed by atoms with Gasteiger partial charge in [-0.2, -0.15) is 5.10 Å². The molecule has 0 unspecified atom stereocenters. The number of hydrogen-bond donors (Lipinski definition) is 3. The van der Waals surface area contributed by atoms with Gasteiger partial charge in [0.15, 0.2) is 0 Å². The maximum absolute atomic E-state index is 12.2. The van der Waals surface area contributed by atoms with Gasteiger partial charge in [-0.15, -0.1) is 0 Å². The molecular formula is C13H21N5O2. The van der Waals surface area contributed by atoms with Gasteiger partial charge in [-0.25, -0.2) is 4.79 Å². The van der Waals surface area contributed by atoms with Gasteiger partial charge in [0.25, 0.3) is 0 Å². The number of aromatic nitrogens is 2. The molecule has 110 valence electrons. The first-order chi connectivity index (χ1) is 9.49. The summed E-state index contributed by atoms with van der Waals surface area (Å²) in [6.45, 7) is 7.28. The maximum atomic E-state index is 12.2. The number of carbonyl (C=O) groups is 2. The van der Waals surface area contributed by atoms with Crippen LogP contribution in [-0.2, 0) is 4.79 Å². The summed E-state index contributed by atoms with van der Waals surface area (Å²) in [7, 11) is 0. The van der Waals surface area contributed by atoms with Crippen LogP contribution in [-0.4, -0.2) is 46.7 Å². The molecule has 0 bridgehead atoms. The minimum absolute atomic E-state index is 0.00475. The van der Waals surface area contributed by atoms with Gasteiger partial charge < -0.3 is 15.5 Å². The average Bonchev–Trinajstić information content (AvgIpc) is 2.60. The SMILES string of the molecule is Cc1n[nH]c(C)c1[C@H](C)NC(=O)N1CCNC(=O)CC1. The molecule has 2 rings (SSSR count). The van der Waals surface area contributed by atoms with Crippen molar-refractivity contribution in [3.8, 4) is 0 Å². The molecule has 3 N–H and O–H groups in total. The normalized spacial score (nSPS) is 17.4. The van der Waals surface area contributed by atoms with Crippen molar-refractivity contribution in [3.63, 3.8) is 0 Å². The Hall–Kier alpha value is -2.05. The van der Waals surface area contributed by atoms with Crippen molar-refractivity contribution in [1.82, 2.24) is 25.7 Å². The number of urea groups is 1. The summed E-state index contributed by atoms with van der Waals surface area (Å²) in [4.78, 5) is 25.2. The van der Waals surface area contributed by atoms with E-state index < -0.39 is 0 Å². The number of hydrogen-bond acceptors (Lipinski definition) is 3. The highest BCUT2D eigenvalue weighted by atomic mass is 16.2. The van der Waals surface area contributed by atoms with Crippen LogP contribution < -0.4 is 10.6 Å². The van der Waals surface area contributed by atoms with Crippen LogP contribution in [0.15, 0.2) is 0 Å². The quantitative estimate of drug-likeness (QED) is 0.741. The lowest BCUT2D eigenvalue weighted by molar-refractivity contribution is -0.120. The molecule has 20 heavy (non-hydrogen) atoms. The Balaban J connectivity index is 1.99. The molecule has 0 aliphatic carbocycles. The minimum atomic E-state index is -0.144. The van der Waals surface area contributed by atoms with E-state index in [9.17, 15) is 9.59 Å². The fourth-order valence-electron chi connectivity index (χ4n) is 2.52. The second-order valence-corrected chi connectivity index (χ2v) is 5.11. The van der Waals surface area contributed by atoms with Crippen molar-refractivity contribution >= 4 is 11.9 Å². The Morgan fingerprint density at radius 2 is 2.15 bits per heavy atom. The number of carbonyl (C=O) groups excluding carboxylic acids is 2. The van der Waals surface area contributed by atoms with Crippen molar-refractivity contribution < 1.29 is 9.59 Å². The molecule has 2 heterocycles. The lowest BCUT2D eigenvalue weighted by atomic mass is 10.1. The standard InChI is InChI=1S/C13H21N5O2/c1-8(12-9(2)16-17-10(12)3)15-13(20)18-6-4-11(19)14-5-7-18/h8H,4-7H2,1-3H3,(H,14,19)(H,15,20)(H,16,17)/t8-/m0/s1. The molecule has 0 saturated carbocycles. The maximum Gasteiger partial charge on any atom is 0.317 e. The van der Waals surface area contributed by atoms with Crippen molar-refractivity contribution in [2.24, 2.45) is 0 Å². The molecule has 7 heteroatoms. The van der Waals surface area contributed by atoms with Gasteiger partial charge >= 0.3 is 6.03 Å². The van der Waals surface area contributed by atoms with Gasteiger partial charge in [0.05, 0.1) is 11.7 Å². The third kappa shape index (κ3) is 3.09. The zero-order valence-electron chi connectivity index (χ0n) is 12.1. The first-order valence-corrected chi connectivity index (χ1v) is 6.82. The highest BCUT2D eigenvalue weighted by Gasteiger charge is 2.22. The summed E-state index contributed by atoms with van der Waals surface area (Å²) in [6.07, 6.45) is 0.353. The van der Waals surface area contributed by atoms with E-state index in [0.717, 1.165) is 17.0 Å². The summed E-state index contributed by atoms with van der Waals surface area (Å²) in [5.74, 6) is -0.00475. The van der Waals surface area contributed by atoms with E-state index in [1.54, 1.807) is 4.90 Å². The van der Waals surface area contributed by atoms with Crippen molar-refractivity contribution in [3.05, 3.63) is 17.0 Å². The van der Waals surface area contributed by atoms with E-state index >= 15 is 0 Å². The molecule has 1 saturated heterocycles. The molecule has 0 spiro atoms. The summed E-state index contributed by atoms with van der Waals surface area (Å²) in [6, 6.07) is -0.262. The zero-order chi connectivity index (χ0) is 14.7. The third-order valence-electron chi connectivity index (χ3n) is 3.56. The van der Waals surface area contributed by atoms with Crippen LogP contribution in [0.1, 0.15) is 36.3 Å². The summed E-state index contributed by atoms with van der Waals surface area (Å²) in [5, 5.41) is 12.8. The van der Waals surface area contributed by atoms with Gasteiger partial charge in [-0.3, -0.25) is 9.89 Å². The van der Waals surface area contributed by atoms with Crippen LogP contribution in [0.2, 0.25) is 0 Å². The largest absolute Gasteiger partial charge is 0.354 e. The van der Waals surface area contributed by atoms with E-state index in [-0.39, 0.29) is 18.0 Å². The predicted molar refractivity (Wildman–Crippen MR) is 74.2 cm³/mol. The van der Waals surface area contributed by atoms with E-state index in [1.807, 2.05) is 20.8 Å². The smallest absolute Gasteiger partial charge is 0.317 e. The van der Waals surface area contributed by atoms with Crippen molar-refractivity contribution in [2.75, 3.05) is 19.6 Å². The van der Waals surface area contributed by atoms with Crippen LogP contribution in [0.5, 0.6) is 0 Å². The minimum Gasteiger partial charge on any atom is -0.354 e. The zero-order valence-corrected chi connectivity index (χ0v) is 12.1. The predicted octanol–water partition coefficient (Wildman–Crippen LogP) is 0.619. The molecule has 0 aromatic carbocycles. The Bertz CT molecular complexity index is 491. The number of amides is 3. The van der Waals surface area contributed by atoms with Gasteiger partial charge in [0.2, 0.25) is 5.91 Å². The Labute approximate surface area is 118 Å². The monoisotopic (exact) mass is 279 g/mol. The van der Waals surface area contributed by atoms with E-state index in [4.69, 9.17) is 0 Å². The number of aromatic amines is 1. The number of H-pyrrole nitrogens is 1. The van der Waals surface area contributed by atoms with E-state index in [1.165, 1.54) is 0 Å². The highest BCUT2D eigenvalue weighted by molar-refractivity contribution is 5.79. The lowest BCUT2D eigenvalue weighted by Crippen LogP contribution is -2.42. The van der Waals surface area contributed by atoms with Gasteiger partial charge in [-0.1, -0.05) is 0 Å². The number of rotatable bonds is 2. The van der Waals surface area contributed by atoms with Gasteiger partial charge in [0, 0.05) is 37.3 Å². The highest BCUT2D eigenvalue weighted by Crippen LogP contribution is 2.19. The van der Waals surface area contributed by atoms with Crippen molar-refractivity contribution in [1.29, 1.82) is 0 Å². The summed E-state index contributed by atoms with van der Waals surface area (Å²) >= 11 is 0. The molecule has 1 fully saturated rings. The van der Waals surface area contributed by atoms with E-state index in [2.05, 4.69) is 20.8 Å². The molecule has 7 nitrogen and oxygen atoms in total. The first kappa shape index (κ1) is 14.4. The van der Waals surface area contributed by atoms with Gasteiger partial charge in [0.1, 0.15) is 0 Å². The fraction of sp³-hybridized carbons (Fsp3) is 0.615. The molecule has 1 aliphatic heterocycles. The van der Waals surface area contributed by atoms with Crippen LogP contribution in [0.4, 0.5) is 4.79 Å². The molecule has 3 amide bonds. The van der Waals surface area contributed by atoms with E-state index in [0.29, 0.717) is 26.1 Å². The molecule has 1 aromatic rings. The van der Waals surface area contributed by atoms with Crippen molar-refractivity contribution in [2.45, 2.75) is 33.2 Å². The number of aryl methyl sites for hydroxylation is 2. The number of nitrogens with one attached hydrogen (secondary N) is 3. The number of nitrogens with zero attached hydrogens (tertiary/aromatic N) is 2. The molecular weight excluding hydrogens is 258 g/mol. The Morgan fingerprint density at radius 1 is 1.40 bits per heavy atom. The first-order valence-electron chi connectivity index (χ1n) is 6.82. The van der Waals surface area contributed by atoms with Crippen LogP contribution in [0, 0.1) is 13.8 Å². The molecule has 1 aromatic heterocycles. The second kappa shape index (κ2) is 5.94. The van der Waals surface area contributed by atoms with Crippen LogP contribution in [0.25, 0.3) is 0 Å². The Morgan fingerprint density at radius 3 is 2.80 bits per heavy atom.